The third-order valence-corrected chi connectivity index (χ3v) is 5.35. The van der Waals surface area contributed by atoms with E-state index in [4.69, 9.17) is 5.11 Å². The van der Waals surface area contributed by atoms with E-state index in [2.05, 4.69) is 0 Å². The third-order valence-electron chi connectivity index (χ3n) is 3.39. The molecule has 1 aromatic carbocycles. The van der Waals surface area contributed by atoms with Gasteiger partial charge in [0.15, 0.2) is 0 Å². The highest BCUT2D eigenvalue weighted by atomic mass is 32.2. The number of sulfonamides is 1. The lowest BCUT2D eigenvalue weighted by Crippen LogP contribution is -2.31. The van der Waals surface area contributed by atoms with E-state index >= 15 is 0 Å². The zero-order valence-electron chi connectivity index (χ0n) is 12.3. The maximum atomic E-state index is 12.5. The minimum Gasteiger partial charge on any atom is -0.478 e. The Morgan fingerprint density at radius 1 is 1.40 bits per heavy atom. The first-order valence-electron chi connectivity index (χ1n) is 6.50. The van der Waals surface area contributed by atoms with E-state index in [0.29, 0.717) is 12.1 Å². The molecule has 1 atom stereocenters. The average Bonchev–Trinajstić information content (AvgIpc) is 2.38. The molecular weight excluding hydrogens is 278 g/mol. The molecule has 20 heavy (non-hydrogen) atoms. The normalized spacial score (nSPS) is 13.4. The highest BCUT2D eigenvalue weighted by molar-refractivity contribution is 7.89. The average molecular weight is 299 g/mol. The van der Waals surface area contributed by atoms with E-state index < -0.39 is 16.0 Å². The van der Waals surface area contributed by atoms with E-state index in [-0.39, 0.29) is 16.4 Å². The summed E-state index contributed by atoms with van der Waals surface area (Å²) in [5.74, 6) is -0.885. The van der Waals surface area contributed by atoms with Gasteiger partial charge in [0, 0.05) is 13.6 Å². The second-order valence-electron chi connectivity index (χ2n) is 5.08. The monoisotopic (exact) mass is 299 g/mol. The summed E-state index contributed by atoms with van der Waals surface area (Å²) in [5, 5.41) is 8.98. The number of rotatable bonds is 6. The van der Waals surface area contributed by atoms with Crippen LogP contribution in [0.4, 0.5) is 0 Å². The second kappa shape index (κ2) is 6.37. The molecule has 0 aliphatic heterocycles. The molecule has 0 saturated carbocycles. The summed E-state index contributed by atoms with van der Waals surface area (Å²) in [7, 11) is -2.14. The fourth-order valence-corrected chi connectivity index (χ4v) is 3.38. The van der Waals surface area contributed by atoms with Crippen LogP contribution < -0.4 is 0 Å². The van der Waals surface area contributed by atoms with Gasteiger partial charge in [0.1, 0.15) is 0 Å². The number of carboxylic acid groups (broad SMARTS) is 1. The first kappa shape index (κ1) is 16.7. The molecular formula is C14H21NO4S. The molecule has 0 aromatic heterocycles. The van der Waals surface area contributed by atoms with Crippen molar-refractivity contribution in [1.29, 1.82) is 0 Å². The fourth-order valence-electron chi connectivity index (χ4n) is 1.85. The summed E-state index contributed by atoms with van der Waals surface area (Å²) in [5.41, 5.74) is 0.525. The van der Waals surface area contributed by atoms with Crippen molar-refractivity contribution in [2.24, 2.45) is 5.92 Å². The molecule has 0 aliphatic rings. The molecule has 1 N–H and O–H groups in total. The Labute approximate surface area is 120 Å². The second-order valence-corrected chi connectivity index (χ2v) is 7.10. The first-order valence-corrected chi connectivity index (χ1v) is 7.94. The van der Waals surface area contributed by atoms with Gasteiger partial charge < -0.3 is 5.11 Å². The summed E-state index contributed by atoms with van der Waals surface area (Å²) in [6, 6.07) is 4.15. The van der Waals surface area contributed by atoms with Gasteiger partial charge in [0.05, 0.1) is 10.5 Å². The molecule has 1 unspecified atom stereocenters. The van der Waals surface area contributed by atoms with Crippen molar-refractivity contribution in [1.82, 2.24) is 4.31 Å². The number of benzene rings is 1. The molecule has 0 radical (unpaired) electrons. The summed E-state index contributed by atoms with van der Waals surface area (Å²) in [4.78, 5) is 11.0. The summed E-state index contributed by atoms with van der Waals surface area (Å²) in [6.07, 6.45) is 0.883. The molecule has 0 bridgehead atoms. The van der Waals surface area contributed by atoms with Gasteiger partial charge in [-0.2, -0.15) is 0 Å². The van der Waals surface area contributed by atoms with E-state index in [1.165, 1.54) is 29.6 Å². The van der Waals surface area contributed by atoms with Crippen LogP contribution >= 0.6 is 0 Å². The van der Waals surface area contributed by atoms with Crippen LogP contribution in [-0.4, -0.2) is 37.4 Å². The van der Waals surface area contributed by atoms with E-state index in [0.717, 1.165) is 6.42 Å². The van der Waals surface area contributed by atoms with Crippen LogP contribution in [-0.2, 0) is 10.0 Å². The number of hydrogen-bond donors (Lipinski definition) is 1. The Morgan fingerprint density at radius 2 is 2.00 bits per heavy atom. The highest BCUT2D eigenvalue weighted by Gasteiger charge is 2.24. The summed E-state index contributed by atoms with van der Waals surface area (Å²) in [6.45, 7) is 6.05. The van der Waals surface area contributed by atoms with Crippen LogP contribution in [0.3, 0.4) is 0 Å². The summed E-state index contributed by atoms with van der Waals surface area (Å²) >= 11 is 0. The standard InChI is InChI=1S/C14H21NO4S/c1-5-10(2)9-15(4)20(18,19)13-8-12(14(16)17)7-6-11(13)3/h6-8,10H,5,9H2,1-4H3,(H,16,17). The van der Waals surface area contributed by atoms with Crippen molar-refractivity contribution in [2.45, 2.75) is 32.1 Å². The van der Waals surface area contributed by atoms with Gasteiger partial charge in [0.2, 0.25) is 10.0 Å². The van der Waals surface area contributed by atoms with Gasteiger partial charge in [-0.1, -0.05) is 26.3 Å². The lowest BCUT2D eigenvalue weighted by molar-refractivity contribution is 0.0696. The van der Waals surface area contributed by atoms with E-state index in [9.17, 15) is 13.2 Å². The number of nitrogens with zero attached hydrogens (tertiary/aromatic N) is 1. The van der Waals surface area contributed by atoms with Crippen LogP contribution in [0.25, 0.3) is 0 Å². The smallest absolute Gasteiger partial charge is 0.335 e. The Kier molecular flexibility index (Phi) is 5.30. The molecule has 1 rings (SSSR count). The zero-order chi connectivity index (χ0) is 15.5. The van der Waals surface area contributed by atoms with Gasteiger partial charge in [0.25, 0.3) is 0 Å². The number of carbonyl (C=O) groups is 1. The van der Waals surface area contributed by atoms with Gasteiger partial charge >= 0.3 is 5.97 Å². The van der Waals surface area contributed by atoms with Crippen molar-refractivity contribution < 1.29 is 18.3 Å². The largest absolute Gasteiger partial charge is 0.478 e. The van der Waals surface area contributed by atoms with Crippen molar-refractivity contribution in [2.75, 3.05) is 13.6 Å². The zero-order valence-corrected chi connectivity index (χ0v) is 13.1. The molecule has 6 heteroatoms. The first-order chi connectivity index (χ1) is 9.20. The molecule has 0 amide bonds. The van der Waals surface area contributed by atoms with Crippen LogP contribution in [0.2, 0.25) is 0 Å². The van der Waals surface area contributed by atoms with Gasteiger partial charge in [-0.15, -0.1) is 0 Å². The lowest BCUT2D eigenvalue weighted by atomic mass is 10.1. The number of aromatic carboxylic acids is 1. The molecule has 0 fully saturated rings. The Balaban J connectivity index is 3.21. The van der Waals surface area contributed by atoms with Crippen molar-refractivity contribution in [3.8, 4) is 0 Å². The molecule has 112 valence electrons. The van der Waals surface area contributed by atoms with E-state index in [1.54, 1.807) is 6.92 Å². The quantitative estimate of drug-likeness (QED) is 0.875. The topological polar surface area (TPSA) is 74.7 Å². The number of aryl methyl sites for hydroxylation is 1. The summed E-state index contributed by atoms with van der Waals surface area (Å²) < 4.78 is 26.3. The SMILES string of the molecule is CCC(C)CN(C)S(=O)(=O)c1cc(C(=O)O)ccc1C. The number of hydrogen-bond acceptors (Lipinski definition) is 3. The lowest BCUT2D eigenvalue weighted by Gasteiger charge is -2.21. The predicted octanol–water partition coefficient (Wildman–Crippen LogP) is 2.36. The molecule has 0 saturated heterocycles. The Hall–Kier alpha value is -1.40. The molecule has 0 aliphatic carbocycles. The van der Waals surface area contributed by atoms with Crippen molar-refractivity contribution >= 4 is 16.0 Å². The Morgan fingerprint density at radius 3 is 2.50 bits per heavy atom. The van der Waals surface area contributed by atoms with Crippen molar-refractivity contribution in [3.05, 3.63) is 29.3 Å². The van der Waals surface area contributed by atoms with Crippen molar-refractivity contribution in [3.63, 3.8) is 0 Å². The van der Waals surface area contributed by atoms with E-state index in [1.807, 2.05) is 13.8 Å². The van der Waals surface area contributed by atoms with Crippen LogP contribution in [0.1, 0.15) is 36.2 Å². The molecule has 1 aromatic rings. The number of carboxylic acids is 1. The molecule has 0 heterocycles. The van der Waals surface area contributed by atoms with Crippen LogP contribution in [0.5, 0.6) is 0 Å². The van der Waals surface area contributed by atoms with Crippen LogP contribution in [0, 0.1) is 12.8 Å². The van der Waals surface area contributed by atoms with Crippen LogP contribution in [0.15, 0.2) is 23.1 Å². The van der Waals surface area contributed by atoms with Gasteiger partial charge in [-0.3, -0.25) is 0 Å². The predicted molar refractivity (Wildman–Crippen MR) is 77.4 cm³/mol. The third kappa shape index (κ3) is 3.58. The fraction of sp³-hybridized carbons (Fsp3) is 0.500. The Bertz CT molecular complexity index is 595. The highest BCUT2D eigenvalue weighted by Crippen LogP contribution is 2.21. The molecule has 0 spiro atoms. The minimum absolute atomic E-state index is 0.0221. The van der Waals surface area contributed by atoms with Gasteiger partial charge in [-0.25, -0.2) is 17.5 Å². The maximum Gasteiger partial charge on any atom is 0.335 e. The molecule has 5 nitrogen and oxygen atoms in total. The maximum absolute atomic E-state index is 12.5. The minimum atomic E-state index is -3.66. The van der Waals surface area contributed by atoms with Gasteiger partial charge in [-0.05, 0) is 30.5 Å².